The summed E-state index contributed by atoms with van der Waals surface area (Å²) in [7, 11) is 0. The van der Waals surface area contributed by atoms with Crippen molar-refractivity contribution in [2.24, 2.45) is 28.8 Å². The zero-order valence-electron chi connectivity index (χ0n) is 17.7. The van der Waals surface area contributed by atoms with Crippen LogP contribution in [0, 0.1) is 40.7 Å². The fraction of sp³-hybridized carbons (Fsp3) is 0.292. The first-order valence-corrected chi connectivity index (χ1v) is 11.0. The van der Waals surface area contributed by atoms with Crippen LogP contribution in [0.3, 0.4) is 0 Å². The first-order valence-electron chi connectivity index (χ1n) is 10.6. The average Bonchev–Trinajstić information content (AvgIpc) is 3.46. The number of rotatable bonds is 6. The van der Waals surface area contributed by atoms with Crippen LogP contribution >= 0.6 is 11.6 Å². The summed E-state index contributed by atoms with van der Waals surface area (Å²) in [6.45, 7) is 2.05. The van der Waals surface area contributed by atoms with Crippen LogP contribution < -0.4 is 4.74 Å². The number of hydrogen-bond donors (Lipinski definition) is 0. The molecule has 8 nitrogen and oxygen atoms in total. The van der Waals surface area contributed by atoms with Gasteiger partial charge in [0.2, 0.25) is 5.75 Å². The first kappa shape index (κ1) is 21.3. The predicted molar refractivity (Wildman–Crippen MR) is 121 cm³/mol. The number of nitrogens with zero attached hydrogens (tertiary/aromatic N) is 3. The van der Waals surface area contributed by atoms with E-state index >= 15 is 0 Å². The van der Waals surface area contributed by atoms with Crippen LogP contribution in [0.15, 0.2) is 53.7 Å². The highest BCUT2D eigenvalue weighted by Gasteiger charge is 2.59. The second kappa shape index (κ2) is 8.12. The predicted octanol–water partition coefficient (Wildman–Crippen LogP) is 4.28. The van der Waals surface area contributed by atoms with Gasteiger partial charge in [0.15, 0.2) is 0 Å². The summed E-state index contributed by atoms with van der Waals surface area (Å²) in [5.41, 5.74) is 1.79. The molecule has 1 saturated carbocycles. The van der Waals surface area contributed by atoms with E-state index in [-0.39, 0.29) is 64.1 Å². The van der Waals surface area contributed by atoms with Gasteiger partial charge < -0.3 is 4.74 Å². The molecule has 1 aliphatic heterocycles. The van der Waals surface area contributed by atoms with Crippen molar-refractivity contribution >= 4 is 35.3 Å². The third-order valence-corrected chi connectivity index (χ3v) is 6.74. The second-order valence-corrected chi connectivity index (χ2v) is 9.04. The van der Waals surface area contributed by atoms with Gasteiger partial charge in [-0.25, -0.2) is 0 Å². The smallest absolute Gasteiger partial charge is 0.313 e. The summed E-state index contributed by atoms with van der Waals surface area (Å²) < 4.78 is 5.81. The minimum absolute atomic E-state index is 0.0326. The molecule has 2 aromatic carbocycles. The fourth-order valence-corrected chi connectivity index (χ4v) is 5.17. The Morgan fingerprint density at radius 1 is 1.15 bits per heavy atom. The number of nitro groups is 1. The van der Waals surface area contributed by atoms with Crippen molar-refractivity contribution in [3.63, 3.8) is 0 Å². The molecule has 2 fully saturated rings. The lowest BCUT2D eigenvalue weighted by Gasteiger charge is -2.13. The summed E-state index contributed by atoms with van der Waals surface area (Å²) in [6, 6.07) is 10.2. The summed E-state index contributed by atoms with van der Waals surface area (Å²) >= 11 is 6.10. The molecule has 3 aliphatic rings. The van der Waals surface area contributed by atoms with Gasteiger partial charge in [-0.2, -0.15) is 10.1 Å². The number of amides is 2. The van der Waals surface area contributed by atoms with Crippen LogP contribution in [0.1, 0.15) is 23.1 Å². The lowest BCUT2D eigenvalue weighted by molar-refractivity contribution is -0.385. The monoisotopic (exact) mass is 465 g/mol. The Balaban J connectivity index is 1.44. The molecule has 0 unspecified atom stereocenters. The maximum atomic E-state index is 12.9. The van der Waals surface area contributed by atoms with Crippen molar-refractivity contribution in [2.45, 2.75) is 20.0 Å². The van der Waals surface area contributed by atoms with Crippen molar-refractivity contribution in [2.75, 3.05) is 0 Å². The Kier molecular flexibility index (Phi) is 5.25. The molecule has 0 N–H and O–H groups in total. The van der Waals surface area contributed by atoms with Gasteiger partial charge in [-0.05, 0) is 36.8 Å². The molecular formula is C24H20ClN3O5. The highest BCUT2D eigenvalue weighted by Crippen LogP contribution is 2.52. The van der Waals surface area contributed by atoms with Gasteiger partial charge in [0.25, 0.3) is 11.8 Å². The van der Waals surface area contributed by atoms with E-state index < -0.39 is 4.92 Å². The standard InChI is InChI=1S/C24H20ClN3O5/c1-13-2-4-14(5-3-13)12-33-22-17(9-18(25)10-19(22)28(31)32)11-26-27-23(29)20-15-6-7-16(8-15)21(20)24(27)30/h2-7,9-11,15-16,20-21H,8,12H2,1H3/t15-,16-,20-,21+/m0/s1. The second-order valence-electron chi connectivity index (χ2n) is 8.61. The van der Waals surface area contributed by atoms with Crippen molar-refractivity contribution in [1.29, 1.82) is 0 Å². The summed E-state index contributed by atoms with van der Waals surface area (Å²) in [5, 5.41) is 16.8. The SMILES string of the molecule is Cc1ccc(COc2c(C=NN3C(=O)[C@@H]4[C@H](C3=O)[C@H]3C=C[C@H]4C3)cc(Cl)cc2[N+](=O)[O-])cc1. The number of fused-ring (bicyclic) bond motifs is 5. The molecule has 4 atom stereocenters. The molecule has 2 amide bonds. The number of hydrazone groups is 1. The molecule has 2 aliphatic carbocycles. The van der Waals surface area contributed by atoms with Crippen LogP contribution in [-0.2, 0) is 16.2 Å². The van der Waals surface area contributed by atoms with E-state index in [0.717, 1.165) is 22.6 Å². The number of imide groups is 1. The molecule has 0 aromatic heterocycles. The number of benzene rings is 2. The quantitative estimate of drug-likeness (QED) is 0.208. The van der Waals surface area contributed by atoms with E-state index in [0.29, 0.717) is 0 Å². The van der Waals surface area contributed by atoms with E-state index in [1.54, 1.807) is 0 Å². The van der Waals surface area contributed by atoms with Crippen LogP contribution in [0.5, 0.6) is 5.75 Å². The Bertz CT molecular complexity index is 1190. The zero-order chi connectivity index (χ0) is 23.3. The largest absolute Gasteiger partial charge is 0.481 e. The normalized spacial score (nSPS) is 25.3. The van der Waals surface area contributed by atoms with Gasteiger partial charge in [0.1, 0.15) is 6.61 Å². The first-order chi connectivity index (χ1) is 15.8. The van der Waals surface area contributed by atoms with Gasteiger partial charge in [-0.15, -0.1) is 0 Å². The molecule has 9 heteroatoms. The van der Waals surface area contributed by atoms with Gasteiger partial charge in [-0.1, -0.05) is 53.6 Å². The number of nitro benzene ring substituents is 1. The topological polar surface area (TPSA) is 102 Å². The van der Waals surface area contributed by atoms with Crippen molar-refractivity contribution in [3.05, 3.63) is 80.4 Å². The molecular weight excluding hydrogens is 446 g/mol. The Hall–Kier alpha value is -3.52. The van der Waals surface area contributed by atoms with E-state index in [2.05, 4.69) is 5.10 Å². The van der Waals surface area contributed by atoms with Gasteiger partial charge >= 0.3 is 5.69 Å². The third-order valence-electron chi connectivity index (χ3n) is 6.52. The Morgan fingerprint density at radius 2 is 1.79 bits per heavy atom. The average molecular weight is 466 g/mol. The molecule has 5 rings (SSSR count). The lowest BCUT2D eigenvalue weighted by Crippen LogP contribution is -2.28. The molecule has 168 valence electrons. The minimum atomic E-state index is -0.590. The number of aryl methyl sites for hydroxylation is 1. The number of halogens is 1. The van der Waals surface area contributed by atoms with Crippen molar-refractivity contribution in [1.82, 2.24) is 5.01 Å². The number of ether oxygens (including phenoxy) is 1. The van der Waals surface area contributed by atoms with Gasteiger partial charge in [0, 0.05) is 16.7 Å². The molecule has 2 aromatic rings. The van der Waals surface area contributed by atoms with Crippen LogP contribution in [0.2, 0.25) is 5.02 Å². The molecule has 2 bridgehead atoms. The Morgan fingerprint density at radius 3 is 2.39 bits per heavy atom. The van der Waals surface area contributed by atoms with Crippen molar-refractivity contribution in [3.8, 4) is 5.75 Å². The molecule has 1 saturated heterocycles. The van der Waals surface area contributed by atoms with Crippen LogP contribution in [-0.4, -0.2) is 28.0 Å². The lowest BCUT2D eigenvalue weighted by atomic mass is 9.85. The van der Waals surface area contributed by atoms with E-state index in [1.807, 2.05) is 43.3 Å². The maximum Gasteiger partial charge on any atom is 0.313 e. The number of allylic oxidation sites excluding steroid dienone is 2. The zero-order valence-corrected chi connectivity index (χ0v) is 18.4. The van der Waals surface area contributed by atoms with Crippen molar-refractivity contribution < 1.29 is 19.2 Å². The number of hydrogen-bond acceptors (Lipinski definition) is 6. The van der Waals surface area contributed by atoms with E-state index in [1.165, 1.54) is 18.3 Å². The Labute approximate surface area is 194 Å². The minimum Gasteiger partial charge on any atom is -0.481 e. The molecule has 0 spiro atoms. The third kappa shape index (κ3) is 3.70. The highest BCUT2D eigenvalue weighted by atomic mass is 35.5. The summed E-state index contributed by atoms with van der Waals surface area (Å²) in [6.07, 6.45) is 6.06. The van der Waals surface area contributed by atoms with E-state index in [9.17, 15) is 19.7 Å². The molecule has 1 heterocycles. The van der Waals surface area contributed by atoms with Gasteiger partial charge in [-0.3, -0.25) is 19.7 Å². The summed E-state index contributed by atoms with van der Waals surface area (Å²) in [5.74, 6) is -1.33. The maximum absolute atomic E-state index is 12.9. The fourth-order valence-electron chi connectivity index (χ4n) is 4.95. The highest BCUT2D eigenvalue weighted by molar-refractivity contribution is 6.31. The van der Waals surface area contributed by atoms with E-state index in [4.69, 9.17) is 16.3 Å². The van der Waals surface area contributed by atoms with Crippen LogP contribution in [0.4, 0.5) is 5.69 Å². The molecule has 0 radical (unpaired) electrons. The van der Waals surface area contributed by atoms with Crippen LogP contribution in [0.25, 0.3) is 0 Å². The number of carbonyl (C=O) groups is 2. The van der Waals surface area contributed by atoms with Gasteiger partial charge in [0.05, 0.1) is 23.0 Å². The summed E-state index contributed by atoms with van der Waals surface area (Å²) in [4.78, 5) is 36.8. The number of carbonyl (C=O) groups excluding carboxylic acids is 2. The molecule has 33 heavy (non-hydrogen) atoms.